The second-order valence-electron chi connectivity index (χ2n) is 15.2. The normalized spacial score (nSPS) is 11.8. The van der Waals surface area contributed by atoms with Crippen LogP contribution in [0.4, 0.5) is 0 Å². The number of nitrogens with zero attached hydrogens (tertiary/aromatic N) is 4. The molecule has 0 fully saturated rings. The minimum absolute atomic E-state index is 0.00135. The molecule has 6 heteroatoms. The number of aromatic nitrogens is 4. The Balaban J connectivity index is 1.77. The zero-order valence-corrected chi connectivity index (χ0v) is 33.4. The molecule has 0 aliphatic carbocycles. The van der Waals surface area contributed by atoms with Crippen LogP contribution in [0.1, 0.15) is 52.7 Å². The summed E-state index contributed by atoms with van der Waals surface area (Å²) in [6.45, 7) is 13.5. The Morgan fingerprint density at radius 1 is 0.327 bits per heavy atom. The lowest BCUT2D eigenvalue weighted by Gasteiger charge is -2.29. The van der Waals surface area contributed by atoms with E-state index in [1.807, 2.05) is 24.8 Å². The molecule has 0 bridgehead atoms. The predicted molar refractivity (Wildman–Crippen MR) is 223 cm³/mol. The molecule has 7 aromatic rings. The summed E-state index contributed by atoms with van der Waals surface area (Å²) in [5.74, 6) is 0. The largest absolute Gasteiger partial charge is 0.244 e. The molecule has 0 unspecified atom stereocenters. The lowest BCUT2D eigenvalue weighted by Crippen LogP contribution is -2.11. The number of hydrogen-bond acceptors (Lipinski definition) is 4. The van der Waals surface area contributed by atoms with Crippen molar-refractivity contribution in [3.63, 3.8) is 0 Å². The van der Waals surface area contributed by atoms with E-state index < -0.39 is 0 Å². The van der Waals surface area contributed by atoms with Gasteiger partial charge in [-0.3, -0.25) is 0 Å². The van der Waals surface area contributed by atoms with E-state index in [2.05, 4.69) is 190 Å². The lowest BCUT2D eigenvalue weighted by atomic mass is 9.74. The van der Waals surface area contributed by atoms with Crippen LogP contribution in [0.15, 0.2) is 143 Å². The van der Waals surface area contributed by atoms with Gasteiger partial charge >= 0.3 is 0 Å². The van der Waals surface area contributed by atoms with Crippen LogP contribution in [-0.2, 0) is 10.8 Å². The molecular formula is C46H40Br2N4. The van der Waals surface area contributed by atoms with Gasteiger partial charge in [-0.1, -0.05) is 146 Å². The fourth-order valence-corrected chi connectivity index (χ4v) is 7.37. The summed E-state index contributed by atoms with van der Waals surface area (Å²) in [6.07, 6.45) is 10.8. The highest BCUT2D eigenvalue weighted by molar-refractivity contribution is 9.10. The van der Waals surface area contributed by atoms with Crippen molar-refractivity contribution in [2.45, 2.75) is 52.4 Å². The summed E-state index contributed by atoms with van der Waals surface area (Å²) in [5.41, 5.74) is 15.2. The van der Waals surface area contributed by atoms with E-state index in [9.17, 15) is 0 Å². The molecule has 0 spiro atoms. The van der Waals surface area contributed by atoms with Gasteiger partial charge < -0.3 is 0 Å². The Morgan fingerprint density at radius 2 is 0.558 bits per heavy atom. The maximum atomic E-state index is 4.57. The standard InChI is InChI=1S/C46H40Br2N4/c1-45(2,3)35-15-7-29(8-16-35)41-39(31-11-19-37(47)20-12-31)40(32-13-21-38(48)22-14-32)42(30-9-17-36(18-10-30)46(4,5)6)44(34-25-51-28-52-26-34)43(41)33-23-49-27-50-24-33/h7-28H,1-6H3. The van der Waals surface area contributed by atoms with Crippen molar-refractivity contribution in [3.05, 3.63) is 155 Å². The summed E-state index contributed by atoms with van der Waals surface area (Å²) >= 11 is 7.42. The van der Waals surface area contributed by atoms with Crippen molar-refractivity contribution in [1.82, 2.24) is 19.9 Å². The minimum atomic E-state index is 0.00135. The van der Waals surface area contributed by atoms with Gasteiger partial charge in [0.1, 0.15) is 12.7 Å². The fourth-order valence-electron chi connectivity index (χ4n) is 6.85. The molecule has 52 heavy (non-hydrogen) atoms. The first-order valence-corrected chi connectivity index (χ1v) is 19.0. The predicted octanol–water partition coefficient (Wildman–Crippen LogP) is 13.4. The van der Waals surface area contributed by atoms with Crippen molar-refractivity contribution in [2.24, 2.45) is 0 Å². The van der Waals surface area contributed by atoms with Gasteiger partial charge in [-0.05, 0) is 90.7 Å². The molecule has 0 atom stereocenters. The number of rotatable bonds is 6. The van der Waals surface area contributed by atoms with Crippen LogP contribution in [0.2, 0.25) is 0 Å². The van der Waals surface area contributed by atoms with Gasteiger partial charge in [0, 0.05) is 56.0 Å². The quantitative estimate of drug-likeness (QED) is 0.168. The Labute approximate surface area is 323 Å². The molecule has 2 heterocycles. The van der Waals surface area contributed by atoms with Gasteiger partial charge in [0.25, 0.3) is 0 Å². The van der Waals surface area contributed by atoms with Crippen LogP contribution in [0.25, 0.3) is 66.8 Å². The molecular weight excluding hydrogens is 768 g/mol. The van der Waals surface area contributed by atoms with Crippen LogP contribution >= 0.6 is 31.9 Å². The maximum absolute atomic E-state index is 4.57. The zero-order chi connectivity index (χ0) is 36.6. The third-order valence-electron chi connectivity index (χ3n) is 9.54. The first-order chi connectivity index (χ1) is 24.9. The van der Waals surface area contributed by atoms with Crippen molar-refractivity contribution >= 4 is 31.9 Å². The van der Waals surface area contributed by atoms with E-state index in [0.29, 0.717) is 0 Å². The third-order valence-corrected chi connectivity index (χ3v) is 10.6. The highest BCUT2D eigenvalue weighted by Gasteiger charge is 2.30. The van der Waals surface area contributed by atoms with Crippen molar-refractivity contribution < 1.29 is 0 Å². The van der Waals surface area contributed by atoms with Gasteiger partial charge in [0.05, 0.1) is 0 Å². The van der Waals surface area contributed by atoms with Crippen LogP contribution in [0.5, 0.6) is 0 Å². The van der Waals surface area contributed by atoms with E-state index in [1.54, 1.807) is 12.7 Å². The molecule has 4 nitrogen and oxygen atoms in total. The number of halogens is 2. The molecule has 0 amide bonds. The summed E-state index contributed by atoms with van der Waals surface area (Å²) in [7, 11) is 0. The Bertz CT molecular complexity index is 2150. The molecule has 258 valence electrons. The topological polar surface area (TPSA) is 51.6 Å². The highest BCUT2D eigenvalue weighted by atomic mass is 79.9. The molecule has 0 saturated carbocycles. The van der Waals surface area contributed by atoms with E-state index in [-0.39, 0.29) is 10.8 Å². The number of hydrogen-bond donors (Lipinski definition) is 0. The van der Waals surface area contributed by atoms with Gasteiger partial charge in [-0.2, -0.15) is 0 Å². The maximum Gasteiger partial charge on any atom is 0.115 e. The Morgan fingerprint density at radius 3 is 0.808 bits per heavy atom. The first-order valence-electron chi connectivity index (χ1n) is 17.4. The summed E-state index contributed by atoms with van der Waals surface area (Å²) in [6, 6.07) is 35.4. The van der Waals surface area contributed by atoms with Crippen LogP contribution in [0.3, 0.4) is 0 Å². The summed E-state index contributed by atoms with van der Waals surface area (Å²) < 4.78 is 2.04. The van der Waals surface area contributed by atoms with Crippen molar-refractivity contribution in [1.29, 1.82) is 0 Å². The highest BCUT2D eigenvalue weighted by Crippen LogP contribution is 2.56. The molecule has 0 aliphatic heterocycles. The monoisotopic (exact) mass is 806 g/mol. The Kier molecular flexibility index (Phi) is 9.81. The van der Waals surface area contributed by atoms with Crippen molar-refractivity contribution in [2.75, 3.05) is 0 Å². The van der Waals surface area contributed by atoms with E-state index in [1.165, 1.54) is 11.1 Å². The third kappa shape index (κ3) is 7.15. The van der Waals surface area contributed by atoms with Crippen molar-refractivity contribution in [3.8, 4) is 66.8 Å². The smallest absolute Gasteiger partial charge is 0.115 e. The summed E-state index contributed by atoms with van der Waals surface area (Å²) in [5, 5.41) is 0. The van der Waals surface area contributed by atoms with Crippen LogP contribution in [0, 0.1) is 0 Å². The molecule has 0 saturated heterocycles. The molecule has 0 N–H and O–H groups in total. The average Bonchev–Trinajstić information content (AvgIpc) is 3.14. The minimum Gasteiger partial charge on any atom is -0.244 e. The lowest BCUT2D eigenvalue weighted by molar-refractivity contribution is 0.590. The van der Waals surface area contributed by atoms with Gasteiger partial charge in [-0.15, -0.1) is 0 Å². The van der Waals surface area contributed by atoms with Crippen LogP contribution in [-0.4, -0.2) is 19.9 Å². The van der Waals surface area contributed by atoms with E-state index in [4.69, 9.17) is 0 Å². The van der Waals surface area contributed by atoms with Gasteiger partial charge in [0.15, 0.2) is 0 Å². The SMILES string of the molecule is CC(C)(C)c1ccc(-c2c(-c3ccc(Br)cc3)c(-c3ccc(Br)cc3)c(-c3ccc(C(C)(C)C)cc3)c(-c3cncnc3)c2-c2cncnc2)cc1. The molecule has 2 aromatic heterocycles. The average molecular weight is 809 g/mol. The van der Waals surface area contributed by atoms with E-state index >= 15 is 0 Å². The summed E-state index contributed by atoms with van der Waals surface area (Å²) in [4.78, 5) is 18.3. The van der Waals surface area contributed by atoms with E-state index in [0.717, 1.165) is 75.7 Å². The zero-order valence-electron chi connectivity index (χ0n) is 30.2. The Hall–Kier alpha value is -4.78. The first kappa shape index (κ1) is 35.6. The molecule has 0 radical (unpaired) electrons. The molecule has 7 rings (SSSR count). The van der Waals surface area contributed by atoms with Gasteiger partial charge in [0.2, 0.25) is 0 Å². The second kappa shape index (κ2) is 14.3. The second-order valence-corrected chi connectivity index (χ2v) is 17.0. The number of benzene rings is 5. The molecule has 5 aromatic carbocycles. The molecule has 0 aliphatic rings. The fraction of sp³-hybridized carbons (Fsp3) is 0.174. The van der Waals surface area contributed by atoms with Crippen LogP contribution < -0.4 is 0 Å². The van der Waals surface area contributed by atoms with Gasteiger partial charge in [-0.25, -0.2) is 19.9 Å².